The number of nitrogens with one attached hydrogen (secondary N) is 1. The Morgan fingerprint density at radius 2 is 1.91 bits per heavy atom. The number of hydrogen-bond acceptors (Lipinski definition) is 4. The van der Waals surface area contributed by atoms with Crippen LogP contribution >= 0.6 is 15.9 Å². The molecule has 0 fully saturated rings. The van der Waals surface area contributed by atoms with Gasteiger partial charge in [0.25, 0.3) is 5.91 Å². The van der Waals surface area contributed by atoms with Crippen LogP contribution in [0.4, 0.5) is 5.82 Å². The Morgan fingerprint density at radius 3 is 2.57 bits per heavy atom. The van der Waals surface area contributed by atoms with E-state index in [1.54, 1.807) is 41.2 Å². The topological polar surface area (TPSA) is 73.2 Å². The quantitative estimate of drug-likeness (QED) is 0.807. The highest BCUT2D eigenvalue weighted by molar-refractivity contribution is 9.10. The predicted molar refractivity (Wildman–Crippen MR) is 90.3 cm³/mol. The number of anilines is 1. The lowest BCUT2D eigenvalue weighted by molar-refractivity contribution is -0.123. The molecule has 1 amide bonds. The molecule has 0 saturated heterocycles. The minimum Gasteiger partial charge on any atom is -0.449 e. The molecule has 0 aliphatic carbocycles. The molecule has 1 N–H and O–H groups in total. The maximum atomic E-state index is 12.2. The number of amides is 1. The zero-order valence-electron chi connectivity index (χ0n) is 13.1. The zero-order valence-corrected chi connectivity index (χ0v) is 14.7. The predicted octanol–water partition coefficient (Wildman–Crippen LogP) is 3.41. The highest BCUT2D eigenvalue weighted by atomic mass is 79.9. The van der Waals surface area contributed by atoms with Crippen LogP contribution in [0.25, 0.3) is 0 Å². The highest BCUT2D eigenvalue weighted by Crippen LogP contribution is 2.18. The molecule has 0 aliphatic rings. The van der Waals surface area contributed by atoms with Crippen molar-refractivity contribution in [2.75, 3.05) is 5.32 Å². The summed E-state index contributed by atoms with van der Waals surface area (Å²) in [4.78, 5) is 24.3. The van der Waals surface area contributed by atoms with Gasteiger partial charge in [-0.25, -0.2) is 9.48 Å². The van der Waals surface area contributed by atoms with Crippen molar-refractivity contribution in [3.8, 4) is 0 Å². The van der Waals surface area contributed by atoms with Gasteiger partial charge in [0.1, 0.15) is 5.82 Å². The van der Waals surface area contributed by atoms with E-state index in [2.05, 4.69) is 26.3 Å². The minimum atomic E-state index is -0.926. The van der Waals surface area contributed by atoms with Crippen LogP contribution < -0.4 is 5.32 Å². The summed E-state index contributed by atoms with van der Waals surface area (Å²) in [6.07, 6.45) is 0.679. The second kappa shape index (κ2) is 7.41. The monoisotopic (exact) mass is 379 g/mol. The first-order valence-electron chi connectivity index (χ1n) is 7.20. The van der Waals surface area contributed by atoms with Crippen molar-refractivity contribution in [2.24, 2.45) is 0 Å². The Morgan fingerprint density at radius 1 is 1.22 bits per heavy atom. The fourth-order valence-electron chi connectivity index (χ4n) is 1.96. The second-order valence-electron chi connectivity index (χ2n) is 5.27. The van der Waals surface area contributed by atoms with E-state index in [0.717, 1.165) is 0 Å². The number of rotatable bonds is 5. The number of esters is 1. The first-order chi connectivity index (χ1) is 10.9. The van der Waals surface area contributed by atoms with Gasteiger partial charge in [-0.2, -0.15) is 5.10 Å². The van der Waals surface area contributed by atoms with E-state index in [0.29, 0.717) is 15.9 Å². The lowest BCUT2D eigenvalue weighted by Gasteiger charge is -2.16. The van der Waals surface area contributed by atoms with Crippen LogP contribution in [-0.2, 0) is 9.53 Å². The standard InChI is InChI=1S/C16H18BrN3O3/c1-10(2)20-14(8-9-18-20)19-15(21)11(3)23-16(22)12-6-4-5-7-13(12)17/h4-11H,1-3H3,(H,19,21)/t11-/m1/s1. The Bertz CT molecular complexity index is 712. The fourth-order valence-corrected chi connectivity index (χ4v) is 2.40. The van der Waals surface area contributed by atoms with Crippen LogP contribution in [0.15, 0.2) is 41.0 Å². The molecule has 0 bridgehead atoms. The third-order valence-electron chi connectivity index (χ3n) is 3.16. The van der Waals surface area contributed by atoms with Crippen molar-refractivity contribution in [1.29, 1.82) is 0 Å². The molecule has 7 heteroatoms. The fraction of sp³-hybridized carbons (Fsp3) is 0.312. The summed E-state index contributed by atoms with van der Waals surface area (Å²) < 4.78 is 7.52. The molecule has 1 aromatic heterocycles. The Labute approximate surface area is 143 Å². The Kier molecular flexibility index (Phi) is 5.54. The van der Waals surface area contributed by atoms with Gasteiger partial charge < -0.3 is 10.1 Å². The Hall–Kier alpha value is -2.15. The number of halogens is 1. The SMILES string of the molecule is CC(C)n1nccc1NC(=O)[C@@H](C)OC(=O)c1ccccc1Br. The van der Waals surface area contributed by atoms with E-state index in [9.17, 15) is 9.59 Å². The lowest BCUT2D eigenvalue weighted by atomic mass is 10.2. The number of hydrogen-bond donors (Lipinski definition) is 1. The molecule has 122 valence electrons. The smallest absolute Gasteiger partial charge is 0.340 e. The summed E-state index contributed by atoms with van der Waals surface area (Å²) >= 11 is 3.28. The van der Waals surface area contributed by atoms with Crippen LogP contribution in [0.5, 0.6) is 0 Å². The van der Waals surface area contributed by atoms with Gasteiger partial charge in [0.05, 0.1) is 11.8 Å². The van der Waals surface area contributed by atoms with E-state index < -0.39 is 18.0 Å². The number of nitrogens with zero attached hydrogens (tertiary/aromatic N) is 2. The minimum absolute atomic E-state index is 0.110. The average molecular weight is 380 g/mol. The number of benzene rings is 1. The maximum Gasteiger partial charge on any atom is 0.340 e. The summed E-state index contributed by atoms with van der Waals surface area (Å²) in [6.45, 7) is 5.44. The second-order valence-corrected chi connectivity index (χ2v) is 6.13. The molecule has 1 aromatic carbocycles. The highest BCUT2D eigenvalue weighted by Gasteiger charge is 2.21. The zero-order chi connectivity index (χ0) is 17.0. The molecule has 0 spiro atoms. The molecule has 0 aliphatic heterocycles. The summed E-state index contributed by atoms with van der Waals surface area (Å²) in [7, 11) is 0. The molecular formula is C16H18BrN3O3. The van der Waals surface area contributed by atoms with Gasteiger partial charge in [-0.05, 0) is 48.8 Å². The molecule has 0 saturated carbocycles. The van der Waals surface area contributed by atoms with Crippen LogP contribution in [0.1, 0.15) is 37.2 Å². The number of carbonyl (C=O) groups excluding carboxylic acids is 2. The number of carbonyl (C=O) groups is 2. The molecule has 2 aromatic rings. The van der Waals surface area contributed by atoms with Crippen molar-refractivity contribution in [2.45, 2.75) is 32.9 Å². The van der Waals surface area contributed by atoms with Crippen molar-refractivity contribution in [3.63, 3.8) is 0 Å². The van der Waals surface area contributed by atoms with Gasteiger partial charge in [-0.1, -0.05) is 12.1 Å². The maximum absolute atomic E-state index is 12.2. The summed E-state index contributed by atoms with van der Waals surface area (Å²) in [5.74, 6) is -0.404. The largest absolute Gasteiger partial charge is 0.449 e. The van der Waals surface area contributed by atoms with Gasteiger partial charge in [0, 0.05) is 16.6 Å². The first-order valence-corrected chi connectivity index (χ1v) is 7.99. The molecule has 0 unspecified atom stereocenters. The van der Waals surface area contributed by atoms with Crippen LogP contribution in [0.2, 0.25) is 0 Å². The van der Waals surface area contributed by atoms with Crippen molar-refractivity contribution < 1.29 is 14.3 Å². The molecule has 0 radical (unpaired) electrons. The van der Waals surface area contributed by atoms with Crippen molar-refractivity contribution in [1.82, 2.24) is 9.78 Å². The Balaban J connectivity index is 2.01. The van der Waals surface area contributed by atoms with E-state index >= 15 is 0 Å². The van der Waals surface area contributed by atoms with E-state index in [-0.39, 0.29) is 6.04 Å². The lowest BCUT2D eigenvalue weighted by Crippen LogP contribution is -2.31. The molecular weight excluding hydrogens is 362 g/mol. The van der Waals surface area contributed by atoms with E-state index in [4.69, 9.17) is 4.74 Å². The third-order valence-corrected chi connectivity index (χ3v) is 3.85. The normalized spacial score (nSPS) is 12.0. The van der Waals surface area contributed by atoms with Gasteiger partial charge in [-0.15, -0.1) is 0 Å². The van der Waals surface area contributed by atoms with E-state index in [1.807, 2.05) is 13.8 Å². The third kappa shape index (κ3) is 4.19. The van der Waals surface area contributed by atoms with Gasteiger partial charge >= 0.3 is 5.97 Å². The molecule has 1 heterocycles. The van der Waals surface area contributed by atoms with Gasteiger partial charge in [-0.3, -0.25) is 4.79 Å². The molecule has 6 nitrogen and oxygen atoms in total. The van der Waals surface area contributed by atoms with Crippen molar-refractivity contribution >= 4 is 33.6 Å². The van der Waals surface area contributed by atoms with Crippen LogP contribution in [0, 0.1) is 0 Å². The van der Waals surface area contributed by atoms with Gasteiger partial charge in [0.15, 0.2) is 6.10 Å². The summed E-state index contributed by atoms with van der Waals surface area (Å²) in [5, 5.41) is 6.85. The summed E-state index contributed by atoms with van der Waals surface area (Å²) in [6, 6.07) is 8.70. The molecule has 23 heavy (non-hydrogen) atoms. The molecule has 1 atom stereocenters. The number of ether oxygens (including phenoxy) is 1. The number of aromatic nitrogens is 2. The van der Waals surface area contributed by atoms with E-state index in [1.165, 1.54) is 6.92 Å². The van der Waals surface area contributed by atoms with Crippen LogP contribution in [0.3, 0.4) is 0 Å². The van der Waals surface area contributed by atoms with Crippen molar-refractivity contribution in [3.05, 3.63) is 46.6 Å². The van der Waals surface area contributed by atoms with Crippen LogP contribution in [-0.4, -0.2) is 27.8 Å². The molecule has 2 rings (SSSR count). The first kappa shape index (κ1) is 17.2. The summed E-state index contributed by atoms with van der Waals surface area (Å²) in [5.41, 5.74) is 0.374. The van der Waals surface area contributed by atoms with Gasteiger partial charge in [0.2, 0.25) is 0 Å². The average Bonchev–Trinajstić information content (AvgIpc) is 2.95.